The highest BCUT2D eigenvalue weighted by atomic mass is 35.5. The molecule has 0 bridgehead atoms. The van der Waals surface area contributed by atoms with Crippen molar-refractivity contribution in [3.05, 3.63) is 34.6 Å². The lowest BCUT2D eigenvalue weighted by Crippen LogP contribution is -2.56. The maximum Gasteiger partial charge on any atom is 0.129 e. The van der Waals surface area contributed by atoms with Gasteiger partial charge in [0.05, 0.1) is 0 Å². The summed E-state index contributed by atoms with van der Waals surface area (Å²) in [4.78, 5) is 2.25. The monoisotopic (exact) mass is 242 g/mol. The van der Waals surface area contributed by atoms with Crippen LogP contribution in [0.4, 0.5) is 4.39 Å². The quantitative estimate of drug-likeness (QED) is 0.872. The molecule has 1 aromatic carbocycles. The lowest BCUT2D eigenvalue weighted by atomic mass is 10.1. The van der Waals surface area contributed by atoms with Crippen LogP contribution in [0.1, 0.15) is 12.5 Å². The summed E-state index contributed by atoms with van der Waals surface area (Å²) in [6.07, 6.45) is 0. The van der Waals surface area contributed by atoms with Crippen LogP contribution in [0.3, 0.4) is 0 Å². The molecule has 0 spiro atoms. The van der Waals surface area contributed by atoms with E-state index in [1.54, 1.807) is 12.1 Å². The smallest absolute Gasteiger partial charge is 0.129 e. The van der Waals surface area contributed by atoms with Gasteiger partial charge >= 0.3 is 0 Å². The van der Waals surface area contributed by atoms with Crippen LogP contribution < -0.4 is 5.32 Å². The number of hydrogen-bond donors (Lipinski definition) is 1. The van der Waals surface area contributed by atoms with Crippen LogP contribution in [-0.4, -0.2) is 30.6 Å². The first-order valence-electron chi connectivity index (χ1n) is 5.60. The molecule has 1 N–H and O–H groups in total. The highest BCUT2D eigenvalue weighted by Gasteiger charge is 2.24. The fourth-order valence-corrected chi connectivity index (χ4v) is 2.14. The predicted molar refractivity (Wildman–Crippen MR) is 64.2 cm³/mol. The maximum absolute atomic E-state index is 13.6. The molecule has 0 unspecified atom stereocenters. The van der Waals surface area contributed by atoms with E-state index < -0.39 is 0 Å². The Kier molecular flexibility index (Phi) is 3.79. The summed E-state index contributed by atoms with van der Waals surface area (Å²) in [5.41, 5.74) is 0.609. The zero-order valence-electron chi connectivity index (χ0n) is 9.34. The standard InChI is InChI=1S/C12H16ClFN2/c1-2-16(9-6-15-7-9)8-10-11(13)4-3-5-12(10)14/h3-5,9,15H,2,6-8H2,1H3. The van der Waals surface area contributed by atoms with Gasteiger partial charge in [-0.3, -0.25) is 4.90 Å². The van der Waals surface area contributed by atoms with E-state index in [0.717, 1.165) is 19.6 Å². The molecule has 2 nitrogen and oxygen atoms in total. The van der Waals surface area contributed by atoms with Crippen molar-refractivity contribution in [1.29, 1.82) is 0 Å². The van der Waals surface area contributed by atoms with E-state index in [2.05, 4.69) is 17.1 Å². The number of hydrogen-bond acceptors (Lipinski definition) is 2. The zero-order valence-corrected chi connectivity index (χ0v) is 10.1. The SMILES string of the molecule is CCN(Cc1c(F)cccc1Cl)C1CNC1. The van der Waals surface area contributed by atoms with Gasteiger partial charge in [0.25, 0.3) is 0 Å². The number of nitrogens with zero attached hydrogens (tertiary/aromatic N) is 1. The molecule has 2 rings (SSSR count). The average molecular weight is 243 g/mol. The predicted octanol–water partition coefficient (Wildman–Crippen LogP) is 2.27. The van der Waals surface area contributed by atoms with Crippen molar-refractivity contribution in [1.82, 2.24) is 10.2 Å². The highest BCUT2D eigenvalue weighted by molar-refractivity contribution is 6.31. The molecule has 1 heterocycles. The van der Waals surface area contributed by atoms with E-state index >= 15 is 0 Å². The number of benzene rings is 1. The fraction of sp³-hybridized carbons (Fsp3) is 0.500. The summed E-state index contributed by atoms with van der Waals surface area (Å²) < 4.78 is 13.6. The molecule has 1 saturated heterocycles. The zero-order chi connectivity index (χ0) is 11.5. The third-order valence-corrected chi connectivity index (χ3v) is 3.46. The molecule has 0 aliphatic carbocycles. The largest absolute Gasteiger partial charge is 0.314 e. The molecule has 0 radical (unpaired) electrons. The van der Waals surface area contributed by atoms with E-state index in [1.165, 1.54) is 6.07 Å². The van der Waals surface area contributed by atoms with Gasteiger partial charge in [-0.05, 0) is 18.7 Å². The lowest BCUT2D eigenvalue weighted by molar-refractivity contribution is 0.144. The molecule has 0 amide bonds. The van der Waals surface area contributed by atoms with Crippen LogP contribution >= 0.6 is 11.6 Å². The first-order valence-corrected chi connectivity index (χ1v) is 5.97. The molecule has 88 valence electrons. The van der Waals surface area contributed by atoms with E-state index in [-0.39, 0.29) is 5.82 Å². The van der Waals surface area contributed by atoms with Gasteiger partial charge in [0.15, 0.2) is 0 Å². The number of halogens is 2. The van der Waals surface area contributed by atoms with Crippen molar-refractivity contribution < 1.29 is 4.39 Å². The Balaban J connectivity index is 2.11. The number of rotatable bonds is 4. The highest BCUT2D eigenvalue weighted by Crippen LogP contribution is 2.22. The Hall–Kier alpha value is -0.640. The summed E-state index contributed by atoms with van der Waals surface area (Å²) in [5.74, 6) is -0.210. The van der Waals surface area contributed by atoms with Crippen molar-refractivity contribution in [3.63, 3.8) is 0 Å². The Bertz CT molecular complexity index is 346. The molecule has 0 aromatic heterocycles. The molecular formula is C12H16ClFN2. The van der Waals surface area contributed by atoms with Crippen LogP contribution in [0, 0.1) is 5.82 Å². The average Bonchev–Trinajstić information content (AvgIpc) is 2.19. The van der Waals surface area contributed by atoms with Crippen molar-refractivity contribution >= 4 is 11.6 Å². The van der Waals surface area contributed by atoms with Gasteiger partial charge in [0.1, 0.15) is 5.82 Å². The molecular weight excluding hydrogens is 227 g/mol. The van der Waals surface area contributed by atoms with E-state index in [4.69, 9.17) is 11.6 Å². The Morgan fingerprint density at radius 3 is 2.75 bits per heavy atom. The molecule has 1 fully saturated rings. The number of nitrogens with one attached hydrogen (secondary N) is 1. The first kappa shape index (κ1) is 11.8. The molecule has 0 saturated carbocycles. The van der Waals surface area contributed by atoms with Gasteiger partial charge in [0, 0.05) is 36.3 Å². The normalized spacial score (nSPS) is 16.5. The lowest BCUT2D eigenvalue weighted by Gasteiger charge is -2.37. The van der Waals surface area contributed by atoms with Crippen LogP contribution in [0.15, 0.2) is 18.2 Å². The molecule has 4 heteroatoms. The minimum Gasteiger partial charge on any atom is -0.314 e. The van der Waals surface area contributed by atoms with Crippen LogP contribution in [0.2, 0.25) is 5.02 Å². The summed E-state index contributed by atoms with van der Waals surface area (Å²) in [5, 5.41) is 3.74. The van der Waals surface area contributed by atoms with Gasteiger partial charge in [-0.25, -0.2) is 4.39 Å². The van der Waals surface area contributed by atoms with Gasteiger partial charge in [-0.2, -0.15) is 0 Å². The number of likely N-dealkylation sites (N-methyl/N-ethyl adjacent to an activating group) is 1. The topological polar surface area (TPSA) is 15.3 Å². The van der Waals surface area contributed by atoms with Crippen molar-refractivity contribution in [2.45, 2.75) is 19.5 Å². The van der Waals surface area contributed by atoms with Gasteiger partial charge < -0.3 is 5.32 Å². The second kappa shape index (κ2) is 5.13. The van der Waals surface area contributed by atoms with Crippen LogP contribution in [-0.2, 0) is 6.54 Å². The van der Waals surface area contributed by atoms with Gasteiger partial charge in [0.2, 0.25) is 0 Å². The molecule has 1 aliphatic rings. The minimum atomic E-state index is -0.210. The summed E-state index contributed by atoms with van der Waals surface area (Å²) >= 11 is 6.01. The summed E-state index contributed by atoms with van der Waals surface area (Å²) in [6.45, 7) is 5.57. The molecule has 16 heavy (non-hydrogen) atoms. The van der Waals surface area contributed by atoms with Crippen LogP contribution in [0.5, 0.6) is 0 Å². The second-order valence-corrected chi connectivity index (χ2v) is 4.48. The van der Waals surface area contributed by atoms with E-state index in [1.807, 2.05) is 0 Å². The molecule has 1 aliphatic heterocycles. The third-order valence-electron chi connectivity index (χ3n) is 3.11. The van der Waals surface area contributed by atoms with Crippen molar-refractivity contribution in [2.75, 3.05) is 19.6 Å². The Labute approximate surface area is 100 Å². The van der Waals surface area contributed by atoms with Crippen LogP contribution in [0.25, 0.3) is 0 Å². The fourth-order valence-electron chi connectivity index (χ4n) is 1.92. The molecule has 0 atom stereocenters. The third kappa shape index (κ3) is 2.37. The van der Waals surface area contributed by atoms with Gasteiger partial charge in [-0.15, -0.1) is 0 Å². The second-order valence-electron chi connectivity index (χ2n) is 4.08. The Morgan fingerprint density at radius 2 is 2.25 bits per heavy atom. The van der Waals surface area contributed by atoms with E-state index in [0.29, 0.717) is 23.2 Å². The maximum atomic E-state index is 13.6. The minimum absolute atomic E-state index is 0.210. The Morgan fingerprint density at radius 1 is 1.50 bits per heavy atom. The summed E-state index contributed by atoms with van der Waals surface area (Å²) in [6, 6.07) is 5.36. The first-order chi connectivity index (χ1) is 7.72. The molecule has 1 aromatic rings. The van der Waals surface area contributed by atoms with Crippen molar-refractivity contribution in [2.24, 2.45) is 0 Å². The summed E-state index contributed by atoms with van der Waals surface area (Å²) in [7, 11) is 0. The van der Waals surface area contributed by atoms with Gasteiger partial charge in [-0.1, -0.05) is 24.6 Å². The van der Waals surface area contributed by atoms with Crippen molar-refractivity contribution in [3.8, 4) is 0 Å². The van der Waals surface area contributed by atoms with E-state index in [9.17, 15) is 4.39 Å².